The van der Waals surface area contributed by atoms with Crippen molar-refractivity contribution in [3.05, 3.63) is 0 Å². The van der Waals surface area contributed by atoms with Gasteiger partial charge in [0.15, 0.2) is 0 Å². The highest BCUT2D eigenvalue weighted by atomic mass is 16.5. The van der Waals surface area contributed by atoms with E-state index in [1.54, 1.807) is 0 Å². The van der Waals surface area contributed by atoms with E-state index in [0.717, 1.165) is 18.6 Å². The average Bonchev–Trinajstić information content (AvgIpc) is 2.65. The van der Waals surface area contributed by atoms with Gasteiger partial charge in [-0.2, -0.15) is 0 Å². The Kier molecular flexibility index (Phi) is 4.26. The van der Waals surface area contributed by atoms with Gasteiger partial charge in [0.2, 0.25) is 0 Å². The van der Waals surface area contributed by atoms with Gasteiger partial charge in [-0.25, -0.2) is 0 Å². The third kappa shape index (κ3) is 2.98. The first kappa shape index (κ1) is 12.4. The van der Waals surface area contributed by atoms with Crippen molar-refractivity contribution in [3.8, 4) is 0 Å². The van der Waals surface area contributed by atoms with E-state index in [1.165, 1.54) is 32.1 Å². The minimum Gasteiger partial charge on any atom is -0.378 e. The minimum atomic E-state index is 0.475. The first-order valence-electron chi connectivity index (χ1n) is 7.04. The third-order valence-electron chi connectivity index (χ3n) is 4.37. The Hall–Kier alpha value is -0.0800. The van der Waals surface area contributed by atoms with Crippen molar-refractivity contribution in [1.82, 2.24) is 5.32 Å². The van der Waals surface area contributed by atoms with E-state index in [1.807, 2.05) is 0 Å². The second-order valence-corrected chi connectivity index (χ2v) is 6.06. The summed E-state index contributed by atoms with van der Waals surface area (Å²) in [5, 5.41) is 3.87. The smallest absolute Gasteiger partial charge is 0.0612 e. The van der Waals surface area contributed by atoms with Crippen LogP contribution in [0.3, 0.4) is 0 Å². The summed E-state index contributed by atoms with van der Waals surface area (Å²) in [6, 6.07) is 1.47. The topological polar surface area (TPSA) is 21.3 Å². The molecule has 0 aromatic carbocycles. The molecule has 1 heterocycles. The summed E-state index contributed by atoms with van der Waals surface area (Å²) in [6.07, 6.45) is 7.09. The van der Waals surface area contributed by atoms with Crippen LogP contribution in [0.15, 0.2) is 0 Å². The van der Waals surface area contributed by atoms with Crippen LogP contribution in [0, 0.1) is 11.8 Å². The highest BCUT2D eigenvalue weighted by molar-refractivity contribution is 4.86. The standard InChI is InChI=1S/C14H27NO/c1-10(2)14-9-12(7-8-16-14)15-13-6-4-5-11(13)3/h10-15H,4-9H2,1-3H3. The van der Waals surface area contributed by atoms with Crippen LogP contribution in [0.25, 0.3) is 0 Å². The average molecular weight is 225 g/mol. The molecule has 2 fully saturated rings. The second kappa shape index (κ2) is 5.50. The summed E-state index contributed by atoms with van der Waals surface area (Å²) >= 11 is 0. The monoisotopic (exact) mass is 225 g/mol. The normalized spacial score (nSPS) is 40.5. The molecule has 2 rings (SSSR count). The zero-order chi connectivity index (χ0) is 11.5. The molecule has 4 unspecified atom stereocenters. The molecule has 1 saturated heterocycles. The first-order chi connectivity index (χ1) is 7.66. The summed E-state index contributed by atoms with van der Waals surface area (Å²) in [6.45, 7) is 7.88. The number of nitrogens with one attached hydrogen (secondary N) is 1. The van der Waals surface area contributed by atoms with E-state index < -0.39 is 0 Å². The molecule has 16 heavy (non-hydrogen) atoms. The van der Waals surface area contributed by atoms with Crippen molar-refractivity contribution in [2.45, 2.75) is 71.1 Å². The molecular formula is C14H27NO. The Morgan fingerprint density at radius 1 is 1.19 bits per heavy atom. The zero-order valence-electron chi connectivity index (χ0n) is 11.0. The molecule has 1 N–H and O–H groups in total. The molecule has 1 aliphatic heterocycles. The molecule has 0 bridgehead atoms. The molecule has 2 heteroatoms. The quantitative estimate of drug-likeness (QED) is 0.797. The Bertz CT molecular complexity index is 217. The molecule has 0 aromatic rings. The molecule has 0 amide bonds. The largest absolute Gasteiger partial charge is 0.378 e. The van der Waals surface area contributed by atoms with Crippen molar-refractivity contribution in [3.63, 3.8) is 0 Å². The molecule has 0 spiro atoms. The summed E-state index contributed by atoms with van der Waals surface area (Å²) in [7, 11) is 0. The van der Waals surface area contributed by atoms with Crippen molar-refractivity contribution in [1.29, 1.82) is 0 Å². The number of ether oxygens (including phenoxy) is 1. The van der Waals surface area contributed by atoms with Crippen molar-refractivity contribution >= 4 is 0 Å². The summed E-state index contributed by atoms with van der Waals surface area (Å²) < 4.78 is 5.82. The van der Waals surface area contributed by atoms with Crippen LogP contribution in [0.5, 0.6) is 0 Å². The van der Waals surface area contributed by atoms with Crippen LogP contribution in [-0.4, -0.2) is 24.8 Å². The lowest BCUT2D eigenvalue weighted by Gasteiger charge is -2.35. The van der Waals surface area contributed by atoms with Crippen molar-refractivity contribution in [2.75, 3.05) is 6.61 Å². The molecule has 2 aliphatic rings. The van der Waals surface area contributed by atoms with Gasteiger partial charge in [0.1, 0.15) is 0 Å². The first-order valence-corrected chi connectivity index (χ1v) is 7.04. The van der Waals surface area contributed by atoms with Gasteiger partial charge in [0, 0.05) is 18.7 Å². The van der Waals surface area contributed by atoms with E-state index >= 15 is 0 Å². The fraction of sp³-hybridized carbons (Fsp3) is 1.00. The van der Waals surface area contributed by atoms with E-state index in [0.29, 0.717) is 18.1 Å². The van der Waals surface area contributed by atoms with Gasteiger partial charge in [-0.15, -0.1) is 0 Å². The highest BCUT2D eigenvalue weighted by Gasteiger charge is 2.29. The molecule has 0 radical (unpaired) electrons. The maximum absolute atomic E-state index is 5.82. The highest BCUT2D eigenvalue weighted by Crippen LogP contribution is 2.27. The van der Waals surface area contributed by atoms with E-state index in [2.05, 4.69) is 26.1 Å². The van der Waals surface area contributed by atoms with Gasteiger partial charge in [0.25, 0.3) is 0 Å². The van der Waals surface area contributed by atoms with Crippen molar-refractivity contribution in [2.24, 2.45) is 11.8 Å². The molecule has 4 atom stereocenters. The molecule has 2 nitrogen and oxygen atoms in total. The van der Waals surface area contributed by atoms with Crippen LogP contribution < -0.4 is 5.32 Å². The molecule has 1 saturated carbocycles. The second-order valence-electron chi connectivity index (χ2n) is 6.06. The van der Waals surface area contributed by atoms with Crippen LogP contribution >= 0.6 is 0 Å². The molecule has 1 aliphatic carbocycles. The maximum Gasteiger partial charge on any atom is 0.0612 e. The van der Waals surface area contributed by atoms with E-state index in [9.17, 15) is 0 Å². The van der Waals surface area contributed by atoms with E-state index in [4.69, 9.17) is 4.74 Å². The minimum absolute atomic E-state index is 0.475. The number of rotatable bonds is 3. The Balaban J connectivity index is 1.80. The summed E-state index contributed by atoms with van der Waals surface area (Å²) in [5.74, 6) is 1.53. The van der Waals surface area contributed by atoms with Gasteiger partial charge in [-0.3, -0.25) is 0 Å². The maximum atomic E-state index is 5.82. The van der Waals surface area contributed by atoms with Crippen molar-refractivity contribution < 1.29 is 4.74 Å². The van der Waals surface area contributed by atoms with Gasteiger partial charge in [0.05, 0.1) is 6.10 Å². The lowest BCUT2D eigenvalue weighted by atomic mass is 9.94. The predicted octanol–water partition coefficient (Wildman–Crippen LogP) is 2.97. The van der Waals surface area contributed by atoms with Gasteiger partial charge >= 0.3 is 0 Å². The molecular weight excluding hydrogens is 198 g/mol. The fourth-order valence-electron chi connectivity index (χ4n) is 3.14. The Morgan fingerprint density at radius 3 is 2.62 bits per heavy atom. The van der Waals surface area contributed by atoms with Gasteiger partial charge < -0.3 is 10.1 Å². The van der Waals surface area contributed by atoms with Crippen LogP contribution in [0.2, 0.25) is 0 Å². The SMILES string of the molecule is CC(C)C1CC(NC2CCCC2C)CCO1. The Labute approximate surface area is 100 Å². The Morgan fingerprint density at radius 2 is 2.00 bits per heavy atom. The molecule has 0 aromatic heterocycles. The van der Waals surface area contributed by atoms with Gasteiger partial charge in [-0.1, -0.05) is 27.2 Å². The summed E-state index contributed by atoms with van der Waals surface area (Å²) in [4.78, 5) is 0. The lowest BCUT2D eigenvalue weighted by molar-refractivity contribution is -0.0264. The number of hydrogen-bond donors (Lipinski definition) is 1. The fourth-order valence-corrected chi connectivity index (χ4v) is 3.14. The number of hydrogen-bond acceptors (Lipinski definition) is 2. The van der Waals surface area contributed by atoms with E-state index in [-0.39, 0.29) is 0 Å². The lowest BCUT2D eigenvalue weighted by Crippen LogP contribution is -2.46. The molecule has 94 valence electrons. The van der Waals surface area contributed by atoms with Crippen LogP contribution in [-0.2, 0) is 4.74 Å². The zero-order valence-corrected chi connectivity index (χ0v) is 11.0. The predicted molar refractivity (Wildman–Crippen MR) is 67.5 cm³/mol. The van der Waals surface area contributed by atoms with Gasteiger partial charge in [-0.05, 0) is 37.5 Å². The van der Waals surface area contributed by atoms with Crippen LogP contribution in [0.1, 0.15) is 52.9 Å². The summed E-state index contributed by atoms with van der Waals surface area (Å²) in [5.41, 5.74) is 0. The third-order valence-corrected chi connectivity index (χ3v) is 4.37. The van der Waals surface area contributed by atoms with Crippen LogP contribution in [0.4, 0.5) is 0 Å².